The Hall–Kier alpha value is -1.52. The van der Waals surface area contributed by atoms with E-state index >= 15 is 0 Å². The molecule has 0 saturated heterocycles. The monoisotopic (exact) mass is 242 g/mol. The number of allylic oxidation sites excluding steroid dienone is 1. The van der Waals surface area contributed by atoms with E-state index in [2.05, 4.69) is 12.2 Å². The summed E-state index contributed by atoms with van der Waals surface area (Å²) in [6, 6.07) is 0. The van der Waals surface area contributed by atoms with Gasteiger partial charge in [0.2, 0.25) is 5.91 Å². The molecule has 0 saturated carbocycles. The number of rotatable bonds is 8. The third-order valence-electron chi connectivity index (χ3n) is 2.35. The van der Waals surface area contributed by atoms with Gasteiger partial charge in [-0.05, 0) is 12.8 Å². The second-order valence-electron chi connectivity index (χ2n) is 3.80. The number of carbonyl (C=O) groups is 2. The Balaban J connectivity index is 3.92. The van der Waals surface area contributed by atoms with E-state index in [0.717, 1.165) is 17.7 Å². The largest absolute Gasteiger partial charge is 0.465 e. The molecule has 17 heavy (non-hydrogen) atoms. The molecule has 0 unspecified atom stereocenters. The van der Waals surface area contributed by atoms with Crippen molar-refractivity contribution in [2.45, 2.75) is 32.6 Å². The minimum Gasteiger partial charge on any atom is -0.465 e. The van der Waals surface area contributed by atoms with Crippen molar-refractivity contribution in [3.63, 3.8) is 0 Å². The van der Waals surface area contributed by atoms with Gasteiger partial charge < -0.3 is 10.4 Å². The minimum absolute atomic E-state index is 0.120. The van der Waals surface area contributed by atoms with Gasteiger partial charge in [0.05, 0.1) is 0 Å². The lowest BCUT2D eigenvalue weighted by Crippen LogP contribution is -2.38. The lowest BCUT2D eigenvalue weighted by atomic mass is 10.2. The Morgan fingerprint density at radius 1 is 1.29 bits per heavy atom. The van der Waals surface area contributed by atoms with E-state index in [1.54, 1.807) is 6.08 Å². The zero-order chi connectivity index (χ0) is 13.1. The van der Waals surface area contributed by atoms with E-state index in [1.165, 1.54) is 19.9 Å². The zero-order valence-electron chi connectivity index (χ0n) is 10.6. The van der Waals surface area contributed by atoms with Crippen molar-refractivity contribution < 1.29 is 14.7 Å². The van der Waals surface area contributed by atoms with Crippen LogP contribution in [0, 0.1) is 0 Å². The molecule has 0 aromatic rings. The van der Waals surface area contributed by atoms with Gasteiger partial charge in [0.15, 0.2) is 0 Å². The van der Waals surface area contributed by atoms with Crippen LogP contribution >= 0.6 is 0 Å². The minimum atomic E-state index is -1.08. The first-order chi connectivity index (χ1) is 8.11. The van der Waals surface area contributed by atoms with Gasteiger partial charge in [-0.15, -0.1) is 0 Å². The molecule has 0 atom stereocenters. The number of likely N-dealkylation sites (N-methyl/N-ethyl adjacent to an activating group) is 1. The van der Waals surface area contributed by atoms with Crippen molar-refractivity contribution >= 4 is 12.0 Å². The second kappa shape index (κ2) is 9.69. The molecule has 5 heteroatoms. The number of nitrogens with zero attached hydrogens (tertiary/aromatic N) is 1. The van der Waals surface area contributed by atoms with Gasteiger partial charge in [0.25, 0.3) is 0 Å². The van der Waals surface area contributed by atoms with Gasteiger partial charge in [0, 0.05) is 13.6 Å². The summed E-state index contributed by atoms with van der Waals surface area (Å²) >= 11 is 0. The van der Waals surface area contributed by atoms with Crippen LogP contribution in [0.3, 0.4) is 0 Å². The van der Waals surface area contributed by atoms with Gasteiger partial charge in [-0.2, -0.15) is 0 Å². The highest BCUT2D eigenvalue weighted by Gasteiger charge is 2.12. The molecule has 0 rings (SSSR count). The Morgan fingerprint density at radius 3 is 2.53 bits per heavy atom. The normalized spacial score (nSPS) is 10.5. The molecule has 0 aromatic heterocycles. The zero-order valence-corrected chi connectivity index (χ0v) is 10.6. The lowest BCUT2D eigenvalue weighted by Gasteiger charge is -2.15. The first kappa shape index (κ1) is 15.5. The van der Waals surface area contributed by atoms with Gasteiger partial charge >= 0.3 is 6.09 Å². The van der Waals surface area contributed by atoms with Crippen LogP contribution in [-0.2, 0) is 4.79 Å². The predicted molar refractivity (Wildman–Crippen MR) is 66.9 cm³/mol. The van der Waals surface area contributed by atoms with Crippen molar-refractivity contribution in [2.75, 3.05) is 20.1 Å². The standard InChI is InChI=1S/C12H22N2O3/c1-3-4-5-6-7-8-9-14(12(16)17)10-11(15)13-2/h7-8H,3-6,9-10H2,1-2H3,(H,13,15)(H,16,17). The van der Waals surface area contributed by atoms with Crippen LogP contribution in [0.1, 0.15) is 32.6 Å². The molecule has 0 spiro atoms. The fraction of sp³-hybridized carbons (Fsp3) is 0.667. The number of unbranched alkanes of at least 4 members (excludes halogenated alkanes) is 3. The van der Waals surface area contributed by atoms with Crippen LogP contribution in [0.4, 0.5) is 4.79 Å². The second-order valence-corrected chi connectivity index (χ2v) is 3.80. The molecule has 0 aromatic carbocycles. The molecule has 0 aliphatic carbocycles. The fourth-order valence-electron chi connectivity index (χ4n) is 1.29. The average molecular weight is 242 g/mol. The van der Waals surface area contributed by atoms with E-state index in [9.17, 15) is 9.59 Å². The maximum atomic E-state index is 11.1. The first-order valence-electron chi connectivity index (χ1n) is 5.95. The van der Waals surface area contributed by atoms with Crippen LogP contribution in [0.15, 0.2) is 12.2 Å². The Bertz CT molecular complexity index is 264. The number of amides is 2. The van der Waals surface area contributed by atoms with Crippen molar-refractivity contribution in [3.05, 3.63) is 12.2 Å². The van der Waals surface area contributed by atoms with Gasteiger partial charge in [0.1, 0.15) is 6.54 Å². The number of carbonyl (C=O) groups excluding carboxylic acids is 1. The summed E-state index contributed by atoms with van der Waals surface area (Å²) in [5, 5.41) is 11.3. The molecule has 0 aliphatic rings. The van der Waals surface area contributed by atoms with E-state index in [1.807, 2.05) is 6.08 Å². The summed E-state index contributed by atoms with van der Waals surface area (Å²) in [4.78, 5) is 23.0. The molecular weight excluding hydrogens is 220 g/mol. The smallest absolute Gasteiger partial charge is 0.408 e. The van der Waals surface area contributed by atoms with E-state index < -0.39 is 6.09 Å². The molecular formula is C12H22N2O3. The lowest BCUT2D eigenvalue weighted by molar-refractivity contribution is -0.121. The first-order valence-corrected chi connectivity index (χ1v) is 5.95. The highest BCUT2D eigenvalue weighted by Crippen LogP contribution is 2.00. The number of carboxylic acid groups (broad SMARTS) is 1. The molecule has 2 N–H and O–H groups in total. The van der Waals surface area contributed by atoms with E-state index in [-0.39, 0.29) is 19.0 Å². The third kappa shape index (κ3) is 8.30. The summed E-state index contributed by atoms with van der Waals surface area (Å²) in [5.41, 5.74) is 0. The summed E-state index contributed by atoms with van der Waals surface area (Å²) < 4.78 is 0. The van der Waals surface area contributed by atoms with Gasteiger partial charge in [-0.3, -0.25) is 9.69 Å². The predicted octanol–water partition coefficient (Wildman–Crippen LogP) is 1.85. The summed E-state index contributed by atoms with van der Waals surface area (Å²) in [7, 11) is 1.49. The van der Waals surface area contributed by atoms with Crippen LogP contribution in [0.5, 0.6) is 0 Å². The molecule has 0 bridgehead atoms. The molecule has 5 nitrogen and oxygen atoms in total. The highest BCUT2D eigenvalue weighted by molar-refractivity contribution is 5.81. The van der Waals surface area contributed by atoms with Crippen molar-refractivity contribution in [1.82, 2.24) is 10.2 Å². The number of hydrogen-bond acceptors (Lipinski definition) is 2. The van der Waals surface area contributed by atoms with Crippen LogP contribution in [-0.4, -0.2) is 42.1 Å². The third-order valence-corrected chi connectivity index (χ3v) is 2.35. The number of nitrogens with one attached hydrogen (secondary N) is 1. The molecule has 0 radical (unpaired) electrons. The summed E-state index contributed by atoms with van der Waals surface area (Å²) in [5.74, 6) is -0.299. The number of hydrogen-bond donors (Lipinski definition) is 2. The molecule has 0 aliphatic heterocycles. The Labute approximate surface area is 102 Å². The fourth-order valence-corrected chi connectivity index (χ4v) is 1.29. The maximum Gasteiger partial charge on any atom is 0.408 e. The Morgan fingerprint density at radius 2 is 2.00 bits per heavy atom. The van der Waals surface area contributed by atoms with Crippen LogP contribution in [0.2, 0.25) is 0 Å². The molecule has 0 heterocycles. The van der Waals surface area contributed by atoms with Crippen LogP contribution in [0.25, 0.3) is 0 Å². The SMILES string of the molecule is CCCCCC=CCN(CC(=O)NC)C(=O)O. The topological polar surface area (TPSA) is 69.6 Å². The van der Waals surface area contributed by atoms with Crippen molar-refractivity contribution in [2.24, 2.45) is 0 Å². The van der Waals surface area contributed by atoms with Crippen molar-refractivity contribution in [3.8, 4) is 0 Å². The molecule has 98 valence electrons. The highest BCUT2D eigenvalue weighted by atomic mass is 16.4. The van der Waals surface area contributed by atoms with E-state index in [4.69, 9.17) is 5.11 Å². The Kier molecular flexibility index (Phi) is 8.82. The van der Waals surface area contributed by atoms with Crippen LogP contribution < -0.4 is 5.32 Å². The van der Waals surface area contributed by atoms with E-state index in [0.29, 0.717) is 0 Å². The summed E-state index contributed by atoms with van der Waals surface area (Å²) in [6.45, 7) is 2.28. The van der Waals surface area contributed by atoms with Crippen molar-refractivity contribution in [1.29, 1.82) is 0 Å². The molecule has 2 amide bonds. The maximum absolute atomic E-state index is 11.1. The van der Waals surface area contributed by atoms with Gasteiger partial charge in [-0.25, -0.2) is 4.79 Å². The summed E-state index contributed by atoms with van der Waals surface area (Å²) in [6.07, 6.45) is 7.13. The quantitative estimate of drug-likeness (QED) is 0.504. The average Bonchev–Trinajstić information content (AvgIpc) is 2.31. The molecule has 0 fully saturated rings. The van der Waals surface area contributed by atoms with Gasteiger partial charge in [-0.1, -0.05) is 31.9 Å².